The summed E-state index contributed by atoms with van der Waals surface area (Å²) in [5.74, 6) is 0.00532. The highest BCUT2D eigenvalue weighted by molar-refractivity contribution is 6.07. The van der Waals surface area contributed by atoms with Gasteiger partial charge < -0.3 is 16.0 Å². The molecule has 4 nitrogen and oxygen atoms in total. The molecule has 0 bridgehead atoms. The fourth-order valence-electron chi connectivity index (χ4n) is 3.48. The Labute approximate surface area is 125 Å². The van der Waals surface area contributed by atoms with Crippen LogP contribution in [0.2, 0.25) is 0 Å². The van der Waals surface area contributed by atoms with E-state index in [-0.39, 0.29) is 5.91 Å². The van der Waals surface area contributed by atoms with Crippen molar-refractivity contribution in [2.24, 2.45) is 5.41 Å². The number of anilines is 1. The van der Waals surface area contributed by atoms with E-state index in [1.54, 1.807) is 6.20 Å². The van der Waals surface area contributed by atoms with Crippen LogP contribution in [-0.2, 0) is 0 Å². The Morgan fingerprint density at radius 1 is 1.38 bits per heavy atom. The fourth-order valence-corrected chi connectivity index (χ4v) is 3.48. The van der Waals surface area contributed by atoms with Gasteiger partial charge in [-0.25, -0.2) is 0 Å². The molecule has 2 aromatic rings. The molecule has 1 aromatic carbocycles. The van der Waals surface area contributed by atoms with Crippen molar-refractivity contribution < 1.29 is 4.79 Å². The van der Waals surface area contributed by atoms with Crippen LogP contribution in [0.15, 0.2) is 24.4 Å². The minimum Gasteiger partial charge on any atom is -0.399 e. The molecular weight excluding hydrogens is 262 g/mol. The summed E-state index contributed by atoms with van der Waals surface area (Å²) in [7, 11) is 0. The Morgan fingerprint density at radius 3 is 2.86 bits per heavy atom. The first-order valence-electron chi connectivity index (χ1n) is 7.78. The molecule has 1 heterocycles. The number of hydrogen-bond donors (Lipinski definition) is 3. The van der Waals surface area contributed by atoms with Gasteiger partial charge in [0.25, 0.3) is 5.91 Å². The van der Waals surface area contributed by atoms with Crippen molar-refractivity contribution in [1.29, 1.82) is 0 Å². The summed E-state index contributed by atoms with van der Waals surface area (Å²) < 4.78 is 0. The summed E-state index contributed by atoms with van der Waals surface area (Å²) in [6.07, 6.45) is 7.94. The number of nitrogen functional groups attached to an aromatic ring is 1. The van der Waals surface area contributed by atoms with Gasteiger partial charge in [0, 0.05) is 29.3 Å². The molecule has 0 spiro atoms. The van der Waals surface area contributed by atoms with Gasteiger partial charge in [-0.15, -0.1) is 0 Å². The van der Waals surface area contributed by atoms with Crippen molar-refractivity contribution in [3.8, 4) is 0 Å². The van der Waals surface area contributed by atoms with Crippen LogP contribution in [0.5, 0.6) is 0 Å². The highest BCUT2D eigenvalue weighted by Crippen LogP contribution is 2.40. The predicted molar refractivity (Wildman–Crippen MR) is 86.2 cm³/mol. The number of hydrogen-bond acceptors (Lipinski definition) is 2. The quantitative estimate of drug-likeness (QED) is 0.753. The number of aromatic nitrogens is 1. The van der Waals surface area contributed by atoms with Gasteiger partial charge in [-0.3, -0.25) is 4.79 Å². The summed E-state index contributed by atoms with van der Waals surface area (Å²) >= 11 is 0. The van der Waals surface area contributed by atoms with Crippen LogP contribution in [-0.4, -0.2) is 17.4 Å². The molecule has 3 rings (SSSR count). The Hall–Kier alpha value is -1.97. The van der Waals surface area contributed by atoms with Crippen molar-refractivity contribution in [1.82, 2.24) is 10.3 Å². The maximum absolute atomic E-state index is 12.5. The zero-order chi connectivity index (χ0) is 14.9. The molecule has 0 unspecified atom stereocenters. The molecule has 1 amide bonds. The molecule has 1 aliphatic carbocycles. The third-order valence-electron chi connectivity index (χ3n) is 4.99. The standard InChI is InChI=1S/C17H23N3O/c1-2-17(7-3-4-8-17)11-20-16(21)14-10-19-15-9-12(18)5-6-13(14)15/h5-6,9-10,19H,2-4,7-8,11,18H2,1H3,(H,20,21). The number of nitrogens with two attached hydrogens (primary N) is 1. The van der Waals surface area contributed by atoms with E-state index in [2.05, 4.69) is 17.2 Å². The number of carbonyl (C=O) groups is 1. The molecule has 112 valence electrons. The van der Waals surface area contributed by atoms with Crippen LogP contribution in [0.25, 0.3) is 10.9 Å². The fraction of sp³-hybridized carbons (Fsp3) is 0.471. The van der Waals surface area contributed by atoms with Gasteiger partial charge in [-0.2, -0.15) is 0 Å². The van der Waals surface area contributed by atoms with Crippen molar-refractivity contribution in [3.63, 3.8) is 0 Å². The Balaban J connectivity index is 1.75. The largest absolute Gasteiger partial charge is 0.399 e. The van der Waals surface area contributed by atoms with Crippen LogP contribution < -0.4 is 11.1 Å². The van der Waals surface area contributed by atoms with Crippen molar-refractivity contribution >= 4 is 22.5 Å². The first kappa shape index (κ1) is 14.0. The first-order valence-corrected chi connectivity index (χ1v) is 7.78. The van der Waals surface area contributed by atoms with Gasteiger partial charge in [0.2, 0.25) is 0 Å². The monoisotopic (exact) mass is 285 g/mol. The molecule has 4 N–H and O–H groups in total. The van der Waals surface area contributed by atoms with Crippen LogP contribution in [0.3, 0.4) is 0 Å². The maximum atomic E-state index is 12.5. The number of aromatic amines is 1. The highest BCUT2D eigenvalue weighted by Gasteiger charge is 2.32. The third-order valence-corrected chi connectivity index (χ3v) is 4.99. The van der Waals surface area contributed by atoms with E-state index in [0.717, 1.165) is 23.9 Å². The van der Waals surface area contributed by atoms with Gasteiger partial charge >= 0.3 is 0 Å². The van der Waals surface area contributed by atoms with Crippen LogP contribution in [0, 0.1) is 5.41 Å². The number of nitrogens with one attached hydrogen (secondary N) is 2. The smallest absolute Gasteiger partial charge is 0.253 e. The second-order valence-corrected chi connectivity index (χ2v) is 6.25. The van der Waals surface area contributed by atoms with E-state index in [1.807, 2.05) is 18.2 Å². The average Bonchev–Trinajstić information content (AvgIpc) is 3.11. The molecule has 1 aromatic heterocycles. The lowest BCUT2D eigenvalue weighted by Crippen LogP contribution is -2.35. The van der Waals surface area contributed by atoms with Crippen LogP contribution in [0.4, 0.5) is 5.69 Å². The molecule has 0 aliphatic heterocycles. The summed E-state index contributed by atoms with van der Waals surface area (Å²) in [4.78, 5) is 15.6. The predicted octanol–water partition coefficient (Wildman–Crippen LogP) is 3.45. The Bertz CT molecular complexity index is 653. The molecule has 0 radical (unpaired) electrons. The Morgan fingerprint density at radius 2 is 2.14 bits per heavy atom. The summed E-state index contributed by atoms with van der Waals surface area (Å²) in [5, 5.41) is 4.06. The lowest BCUT2D eigenvalue weighted by atomic mass is 9.83. The van der Waals surface area contributed by atoms with E-state index >= 15 is 0 Å². The van der Waals surface area contributed by atoms with Crippen molar-refractivity contribution in [2.45, 2.75) is 39.0 Å². The maximum Gasteiger partial charge on any atom is 0.253 e. The van der Waals surface area contributed by atoms with Crippen molar-refractivity contribution in [3.05, 3.63) is 30.0 Å². The summed E-state index contributed by atoms with van der Waals surface area (Å²) in [6, 6.07) is 5.59. The highest BCUT2D eigenvalue weighted by atomic mass is 16.1. The number of amides is 1. The molecule has 0 atom stereocenters. The molecule has 21 heavy (non-hydrogen) atoms. The molecule has 0 saturated heterocycles. The lowest BCUT2D eigenvalue weighted by Gasteiger charge is -2.27. The topological polar surface area (TPSA) is 70.9 Å². The normalized spacial score (nSPS) is 17.2. The van der Waals surface area contributed by atoms with Gasteiger partial charge in [0.1, 0.15) is 0 Å². The van der Waals surface area contributed by atoms with E-state index in [1.165, 1.54) is 25.7 Å². The third kappa shape index (κ3) is 2.62. The first-order chi connectivity index (χ1) is 10.1. The van der Waals surface area contributed by atoms with Gasteiger partial charge in [0.15, 0.2) is 0 Å². The minimum atomic E-state index is 0.00532. The number of benzene rings is 1. The number of rotatable bonds is 4. The summed E-state index contributed by atoms with van der Waals surface area (Å²) in [5.41, 5.74) is 8.39. The minimum absolute atomic E-state index is 0.00532. The van der Waals surface area contributed by atoms with Gasteiger partial charge in [-0.1, -0.05) is 19.8 Å². The van der Waals surface area contributed by atoms with E-state index < -0.39 is 0 Å². The molecule has 1 aliphatic rings. The van der Waals surface area contributed by atoms with E-state index in [4.69, 9.17) is 5.73 Å². The zero-order valence-corrected chi connectivity index (χ0v) is 12.5. The zero-order valence-electron chi connectivity index (χ0n) is 12.5. The van der Waals surface area contributed by atoms with Crippen LogP contribution in [0.1, 0.15) is 49.4 Å². The molecule has 1 fully saturated rings. The van der Waals surface area contributed by atoms with Gasteiger partial charge in [-0.05, 0) is 42.9 Å². The lowest BCUT2D eigenvalue weighted by molar-refractivity contribution is 0.0930. The van der Waals surface area contributed by atoms with E-state index in [0.29, 0.717) is 16.7 Å². The van der Waals surface area contributed by atoms with E-state index in [9.17, 15) is 4.79 Å². The van der Waals surface area contributed by atoms with Crippen LogP contribution >= 0.6 is 0 Å². The molecule has 4 heteroatoms. The number of H-pyrrole nitrogens is 1. The number of fused-ring (bicyclic) bond motifs is 1. The second-order valence-electron chi connectivity index (χ2n) is 6.25. The number of carbonyl (C=O) groups excluding carboxylic acids is 1. The Kier molecular flexibility index (Phi) is 3.62. The SMILES string of the molecule is CCC1(CNC(=O)c2c[nH]c3cc(N)ccc23)CCCC1. The molecule has 1 saturated carbocycles. The second kappa shape index (κ2) is 5.43. The molecular formula is C17H23N3O. The average molecular weight is 285 g/mol. The summed E-state index contributed by atoms with van der Waals surface area (Å²) in [6.45, 7) is 3.01. The van der Waals surface area contributed by atoms with Gasteiger partial charge in [0.05, 0.1) is 5.56 Å². The van der Waals surface area contributed by atoms with Crippen molar-refractivity contribution in [2.75, 3.05) is 12.3 Å².